The largest absolute Gasteiger partial charge is 0.484 e. The van der Waals surface area contributed by atoms with Crippen molar-refractivity contribution >= 4 is 23.4 Å². The lowest BCUT2D eigenvalue weighted by Gasteiger charge is -2.32. The van der Waals surface area contributed by atoms with Crippen LogP contribution in [0.15, 0.2) is 48.7 Å². The quantitative estimate of drug-likeness (QED) is 0.692. The molecule has 0 radical (unpaired) electrons. The van der Waals surface area contributed by atoms with E-state index in [2.05, 4.69) is 20.5 Å². The molecule has 1 aliphatic rings. The molecule has 0 spiro atoms. The second-order valence-corrected chi connectivity index (χ2v) is 6.95. The number of piperazine rings is 1. The number of para-hydroxylation sites is 1. The molecule has 1 aliphatic heterocycles. The summed E-state index contributed by atoms with van der Waals surface area (Å²) in [6, 6.07) is 12.1. The molecule has 2 heterocycles. The number of likely N-dealkylation sites (N-methyl/N-ethyl adjacent to an activating group) is 1. The van der Waals surface area contributed by atoms with Crippen LogP contribution in [0.3, 0.4) is 0 Å². The molecule has 0 saturated carbocycles. The van der Waals surface area contributed by atoms with E-state index < -0.39 is 11.8 Å². The predicted octanol–water partition coefficient (Wildman–Crippen LogP) is 0.603. The second-order valence-electron chi connectivity index (χ2n) is 6.95. The molecule has 0 atom stereocenters. The summed E-state index contributed by atoms with van der Waals surface area (Å²) in [7, 11) is 2.02. The minimum Gasteiger partial charge on any atom is -0.484 e. The fraction of sp³-hybridized carbons (Fsp3) is 0.333. The molecular weight excluding hydrogens is 386 g/mol. The van der Waals surface area contributed by atoms with Crippen molar-refractivity contribution in [1.29, 1.82) is 0 Å². The van der Waals surface area contributed by atoms with E-state index in [-0.39, 0.29) is 24.8 Å². The number of nitrogens with zero attached hydrogens (tertiary/aromatic N) is 3. The minimum atomic E-state index is -0.410. The van der Waals surface area contributed by atoms with Gasteiger partial charge in [-0.2, -0.15) is 0 Å². The van der Waals surface area contributed by atoms with E-state index in [0.29, 0.717) is 24.5 Å². The Morgan fingerprint density at radius 1 is 1.03 bits per heavy atom. The smallest absolute Gasteiger partial charge is 0.272 e. The van der Waals surface area contributed by atoms with Gasteiger partial charge in [-0.05, 0) is 31.3 Å². The third kappa shape index (κ3) is 6.28. The number of carbonyl (C=O) groups excluding carboxylic acids is 3. The normalized spacial score (nSPS) is 14.1. The Kier molecular flexibility index (Phi) is 7.34. The van der Waals surface area contributed by atoms with Crippen LogP contribution >= 0.6 is 0 Å². The summed E-state index contributed by atoms with van der Waals surface area (Å²) < 4.78 is 5.33. The fourth-order valence-corrected chi connectivity index (χ4v) is 2.90. The first-order valence-corrected chi connectivity index (χ1v) is 9.69. The van der Waals surface area contributed by atoms with Gasteiger partial charge in [0.1, 0.15) is 11.4 Å². The highest BCUT2D eigenvalue weighted by molar-refractivity contribution is 5.97. The third-order valence-corrected chi connectivity index (χ3v) is 4.61. The number of carbonyl (C=O) groups is 3. The molecule has 0 bridgehead atoms. The zero-order valence-electron chi connectivity index (χ0n) is 16.8. The van der Waals surface area contributed by atoms with Crippen LogP contribution < -0.4 is 15.4 Å². The molecule has 0 unspecified atom stereocenters. The minimum absolute atomic E-state index is 0.162. The van der Waals surface area contributed by atoms with E-state index >= 15 is 0 Å². The average molecular weight is 411 g/mol. The van der Waals surface area contributed by atoms with E-state index in [4.69, 9.17) is 4.74 Å². The van der Waals surface area contributed by atoms with Crippen LogP contribution in [0.5, 0.6) is 5.75 Å². The van der Waals surface area contributed by atoms with Crippen LogP contribution in [0.4, 0.5) is 5.69 Å². The molecule has 158 valence electrons. The Labute approximate surface area is 175 Å². The van der Waals surface area contributed by atoms with Crippen molar-refractivity contribution in [3.05, 3.63) is 54.4 Å². The van der Waals surface area contributed by atoms with Gasteiger partial charge < -0.3 is 25.2 Å². The van der Waals surface area contributed by atoms with Gasteiger partial charge in [0.2, 0.25) is 5.91 Å². The monoisotopic (exact) mass is 411 g/mol. The molecule has 9 heteroatoms. The maximum atomic E-state index is 12.6. The average Bonchev–Trinajstić information content (AvgIpc) is 2.77. The number of hydrogen-bond donors (Lipinski definition) is 2. The van der Waals surface area contributed by atoms with Gasteiger partial charge in [0.05, 0.1) is 6.54 Å². The van der Waals surface area contributed by atoms with Crippen molar-refractivity contribution < 1.29 is 19.1 Å². The third-order valence-electron chi connectivity index (χ3n) is 4.61. The number of hydrogen-bond acceptors (Lipinski definition) is 6. The summed E-state index contributed by atoms with van der Waals surface area (Å²) in [5.74, 6) is -0.404. The van der Waals surface area contributed by atoms with Crippen LogP contribution in [0.25, 0.3) is 0 Å². The van der Waals surface area contributed by atoms with E-state index in [9.17, 15) is 14.4 Å². The fourth-order valence-electron chi connectivity index (χ4n) is 2.90. The van der Waals surface area contributed by atoms with Gasteiger partial charge in [-0.25, -0.2) is 0 Å². The number of aromatic nitrogens is 1. The lowest BCUT2D eigenvalue weighted by Crippen LogP contribution is -2.47. The number of anilines is 1. The summed E-state index contributed by atoms with van der Waals surface area (Å²) in [5.41, 5.74) is 0.722. The number of amides is 3. The molecule has 3 amide bonds. The second kappa shape index (κ2) is 10.4. The van der Waals surface area contributed by atoms with Crippen molar-refractivity contribution in [1.82, 2.24) is 20.1 Å². The maximum absolute atomic E-state index is 12.6. The SMILES string of the molecule is CN1CCN(C(=O)c2cc(NC(=O)CNC(=O)COc3ccccc3)ccn2)CC1. The molecule has 2 N–H and O–H groups in total. The van der Waals surface area contributed by atoms with Crippen molar-refractivity contribution in [2.75, 3.05) is 51.7 Å². The van der Waals surface area contributed by atoms with Gasteiger partial charge in [0.25, 0.3) is 11.8 Å². The Bertz CT molecular complexity index is 882. The Balaban J connectivity index is 1.45. The van der Waals surface area contributed by atoms with Crippen LogP contribution in [0, 0.1) is 0 Å². The summed E-state index contributed by atoms with van der Waals surface area (Å²) in [6.45, 7) is 2.53. The Hall–Kier alpha value is -3.46. The number of nitrogens with one attached hydrogen (secondary N) is 2. The first-order valence-electron chi connectivity index (χ1n) is 9.69. The molecule has 30 heavy (non-hydrogen) atoms. The highest BCUT2D eigenvalue weighted by Gasteiger charge is 2.21. The highest BCUT2D eigenvalue weighted by atomic mass is 16.5. The van der Waals surface area contributed by atoms with Gasteiger partial charge >= 0.3 is 0 Å². The molecular formula is C21H25N5O4. The first-order chi connectivity index (χ1) is 14.5. The van der Waals surface area contributed by atoms with Crippen molar-refractivity contribution in [2.45, 2.75) is 0 Å². The van der Waals surface area contributed by atoms with Gasteiger partial charge in [-0.1, -0.05) is 18.2 Å². The topological polar surface area (TPSA) is 104 Å². The predicted molar refractivity (Wildman–Crippen MR) is 111 cm³/mol. The zero-order chi connectivity index (χ0) is 21.3. The molecule has 3 rings (SSSR count). The van der Waals surface area contributed by atoms with Crippen LogP contribution in [0.1, 0.15) is 10.5 Å². The molecule has 9 nitrogen and oxygen atoms in total. The van der Waals surface area contributed by atoms with Gasteiger partial charge in [0.15, 0.2) is 6.61 Å². The molecule has 0 aliphatic carbocycles. The van der Waals surface area contributed by atoms with Gasteiger partial charge in [-0.3, -0.25) is 19.4 Å². The molecule has 1 fully saturated rings. The Morgan fingerprint density at radius 3 is 2.50 bits per heavy atom. The van der Waals surface area contributed by atoms with E-state index in [0.717, 1.165) is 13.1 Å². The lowest BCUT2D eigenvalue weighted by atomic mass is 10.2. The highest BCUT2D eigenvalue weighted by Crippen LogP contribution is 2.12. The summed E-state index contributed by atoms with van der Waals surface area (Å²) in [6.07, 6.45) is 1.48. The van der Waals surface area contributed by atoms with E-state index in [1.807, 2.05) is 13.1 Å². The van der Waals surface area contributed by atoms with Crippen molar-refractivity contribution in [3.63, 3.8) is 0 Å². The summed E-state index contributed by atoms with van der Waals surface area (Å²) in [4.78, 5) is 44.6. The Morgan fingerprint density at radius 2 is 1.77 bits per heavy atom. The maximum Gasteiger partial charge on any atom is 0.272 e. The molecule has 1 aromatic carbocycles. The lowest BCUT2D eigenvalue weighted by molar-refractivity contribution is -0.125. The van der Waals surface area contributed by atoms with Crippen LogP contribution in [0.2, 0.25) is 0 Å². The van der Waals surface area contributed by atoms with Gasteiger partial charge in [-0.15, -0.1) is 0 Å². The van der Waals surface area contributed by atoms with Gasteiger partial charge in [0, 0.05) is 38.1 Å². The van der Waals surface area contributed by atoms with Crippen molar-refractivity contribution in [2.24, 2.45) is 0 Å². The molecule has 1 aromatic heterocycles. The van der Waals surface area contributed by atoms with Crippen molar-refractivity contribution in [3.8, 4) is 5.75 Å². The summed E-state index contributed by atoms with van der Waals surface area (Å²) in [5, 5.41) is 5.16. The molecule has 1 saturated heterocycles. The number of rotatable bonds is 7. The van der Waals surface area contributed by atoms with Crippen LogP contribution in [-0.2, 0) is 9.59 Å². The molecule has 2 aromatic rings. The zero-order valence-corrected chi connectivity index (χ0v) is 16.8. The number of pyridine rings is 1. The first kappa shape index (κ1) is 21.3. The van der Waals surface area contributed by atoms with E-state index in [1.165, 1.54) is 6.20 Å². The summed E-state index contributed by atoms with van der Waals surface area (Å²) >= 11 is 0. The van der Waals surface area contributed by atoms with E-state index in [1.54, 1.807) is 41.3 Å². The standard InChI is InChI=1S/C21H25N5O4/c1-25-9-11-26(12-10-25)21(29)18-13-16(7-8-22-18)24-19(27)14-23-20(28)15-30-17-5-3-2-4-6-17/h2-8,13H,9-12,14-15H2,1H3,(H,23,28)(H,22,24,27). The van der Waals surface area contributed by atoms with Crippen LogP contribution in [-0.4, -0.2) is 78.9 Å². The number of ether oxygens (including phenoxy) is 1. The number of benzene rings is 1.